The minimum atomic E-state index is -3.56. The van der Waals surface area contributed by atoms with Crippen LogP contribution in [-0.4, -0.2) is 31.7 Å². The fourth-order valence-corrected chi connectivity index (χ4v) is 5.08. The van der Waals surface area contributed by atoms with Gasteiger partial charge in [0.15, 0.2) is 0 Å². The van der Waals surface area contributed by atoms with Crippen molar-refractivity contribution in [2.75, 3.05) is 11.8 Å². The SMILES string of the molecule is COC(=O)c1c(C)oc(NS(=O)(=O)C2CC2)c1-c1nc2ccccc2s1. The van der Waals surface area contributed by atoms with Crippen LogP contribution in [-0.2, 0) is 14.8 Å². The predicted octanol–water partition coefficient (Wildman–Crippen LogP) is 3.56. The number of carbonyl (C=O) groups excluding carboxylic acids is 1. The number of methoxy groups -OCH3 is 1. The first-order valence-electron chi connectivity index (χ1n) is 8.00. The lowest BCUT2D eigenvalue weighted by molar-refractivity contribution is 0.0599. The number of nitrogens with zero attached hydrogens (tertiary/aromatic N) is 1. The number of benzene rings is 1. The van der Waals surface area contributed by atoms with E-state index in [4.69, 9.17) is 9.15 Å². The van der Waals surface area contributed by atoms with Crippen LogP contribution < -0.4 is 4.72 Å². The average molecular weight is 392 g/mol. The monoisotopic (exact) mass is 392 g/mol. The number of aromatic nitrogens is 1. The highest BCUT2D eigenvalue weighted by atomic mass is 32.2. The Hall–Kier alpha value is -2.39. The van der Waals surface area contributed by atoms with Crippen molar-refractivity contribution >= 4 is 43.4 Å². The van der Waals surface area contributed by atoms with Crippen molar-refractivity contribution in [3.8, 4) is 10.6 Å². The molecule has 0 aliphatic heterocycles. The standard InChI is InChI=1S/C17H16N2O5S2/c1-9-13(17(20)23-2)14(15(24-9)19-26(21,22)10-7-8-10)16-18-11-5-3-4-6-12(11)25-16/h3-6,10,19H,7-8H2,1-2H3. The van der Waals surface area contributed by atoms with E-state index >= 15 is 0 Å². The third-order valence-electron chi connectivity index (χ3n) is 4.18. The number of rotatable bonds is 5. The van der Waals surface area contributed by atoms with Gasteiger partial charge in [0, 0.05) is 0 Å². The quantitative estimate of drug-likeness (QED) is 0.667. The molecule has 1 fully saturated rings. The lowest BCUT2D eigenvalue weighted by Gasteiger charge is -2.06. The number of hydrogen-bond donors (Lipinski definition) is 1. The zero-order chi connectivity index (χ0) is 18.5. The molecule has 2 aromatic heterocycles. The number of aryl methyl sites for hydroxylation is 1. The van der Waals surface area contributed by atoms with Gasteiger partial charge >= 0.3 is 5.97 Å². The van der Waals surface area contributed by atoms with E-state index in [1.165, 1.54) is 18.4 Å². The van der Waals surface area contributed by atoms with Crippen molar-refractivity contribution in [2.24, 2.45) is 0 Å². The van der Waals surface area contributed by atoms with Crippen LogP contribution in [0.1, 0.15) is 29.0 Å². The Balaban J connectivity index is 1.90. The molecule has 3 aromatic rings. The van der Waals surface area contributed by atoms with Gasteiger partial charge in [-0.25, -0.2) is 18.2 Å². The second-order valence-corrected chi connectivity index (χ2v) is 9.05. The van der Waals surface area contributed by atoms with Crippen LogP contribution in [0.3, 0.4) is 0 Å². The molecule has 0 amide bonds. The van der Waals surface area contributed by atoms with E-state index in [9.17, 15) is 13.2 Å². The van der Waals surface area contributed by atoms with Gasteiger partial charge in [-0.1, -0.05) is 12.1 Å². The number of para-hydroxylation sites is 1. The molecule has 136 valence electrons. The molecule has 1 saturated carbocycles. The van der Waals surface area contributed by atoms with Gasteiger partial charge in [-0.2, -0.15) is 0 Å². The summed E-state index contributed by atoms with van der Waals surface area (Å²) in [5.74, 6) is -0.314. The Bertz CT molecular complexity index is 1080. The molecule has 1 aliphatic rings. The maximum absolute atomic E-state index is 12.4. The van der Waals surface area contributed by atoms with E-state index in [1.807, 2.05) is 24.3 Å². The number of esters is 1. The van der Waals surface area contributed by atoms with Gasteiger partial charge < -0.3 is 9.15 Å². The van der Waals surface area contributed by atoms with Gasteiger partial charge in [0.25, 0.3) is 0 Å². The number of fused-ring (bicyclic) bond motifs is 1. The number of thiazole rings is 1. The van der Waals surface area contributed by atoms with Gasteiger partial charge in [0.05, 0.1) is 28.1 Å². The third-order valence-corrected chi connectivity index (χ3v) is 7.05. The number of nitrogens with one attached hydrogen (secondary N) is 1. The molecule has 0 unspecified atom stereocenters. The van der Waals surface area contributed by atoms with Crippen molar-refractivity contribution in [3.63, 3.8) is 0 Å². The van der Waals surface area contributed by atoms with Crippen molar-refractivity contribution in [1.29, 1.82) is 0 Å². The van der Waals surface area contributed by atoms with Gasteiger partial charge in [-0.05, 0) is 31.9 Å². The summed E-state index contributed by atoms with van der Waals surface area (Å²) in [6.45, 7) is 1.60. The van der Waals surface area contributed by atoms with Crippen LogP contribution in [0.15, 0.2) is 28.7 Å². The molecule has 26 heavy (non-hydrogen) atoms. The van der Waals surface area contributed by atoms with Crippen molar-refractivity contribution in [3.05, 3.63) is 35.6 Å². The minimum Gasteiger partial charge on any atom is -0.465 e. The van der Waals surface area contributed by atoms with Crippen LogP contribution >= 0.6 is 11.3 Å². The Labute approximate surface area is 154 Å². The largest absolute Gasteiger partial charge is 0.465 e. The summed E-state index contributed by atoms with van der Waals surface area (Å²) in [4.78, 5) is 16.8. The van der Waals surface area contributed by atoms with E-state index in [1.54, 1.807) is 6.92 Å². The highest BCUT2D eigenvalue weighted by Crippen LogP contribution is 2.42. The number of carbonyl (C=O) groups is 1. The molecule has 2 heterocycles. The molecular weight excluding hydrogens is 376 g/mol. The molecule has 1 aliphatic carbocycles. The number of sulfonamides is 1. The number of hydrogen-bond acceptors (Lipinski definition) is 7. The molecule has 1 N–H and O–H groups in total. The summed E-state index contributed by atoms with van der Waals surface area (Å²) in [7, 11) is -2.29. The van der Waals surface area contributed by atoms with Crippen molar-refractivity contribution < 1.29 is 22.4 Å². The van der Waals surface area contributed by atoms with Crippen LogP contribution in [0.4, 0.5) is 5.88 Å². The van der Waals surface area contributed by atoms with E-state index in [0.717, 1.165) is 10.2 Å². The van der Waals surface area contributed by atoms with E-state index in [2.05, 4.69) is 9.71 Å². The summed E-state index contributed by atoms with van der Waals surface area (Å²) in [6, 6.07) is 7.52. The molecule has 0 saturated heterocycles. The molecule has 0 radical (unpaired) electrons. The number of ether oxygens (including phenoxy) is 1. The molecular formula is C17H16N2O5S2. The maximum Gasteiger partial charge on any atom is 0.342 e. The first-order valence-corrected chi connectivity index (χ1v) is 10.4. The van der Waals surface area contributed by atoms with Crippen LogP contribution in [0.25, 0.3) is 20.8 Å². The molecule has 0 bridgehead atoms. The molecule has 4 rings (SSSR count). The zero-order valence-electron chi connectivity index (χ0n) is 14.1. The fourth-order valence-electron chi connectivity index (χ4n) is 2.74. The van der Waals surface area contributed by atoms with Gasteiger partial charge in [-0.15, -0.1) is 11.3 Å². The maximum atomic E-state index is 12.4. The summed E-state index contributed by atoms with van der Waals surface area (Å²) in [5, 5.41) is 0.0784. The third kappa shape index (κ3) is 2.86. The van der Waals surface area contributed by atoms with Crippen LogP contribution in [0.5, 0.6) is 0 Å². The van der Waals surface area contributed by atoms with E-state index in [0.29, 0.717) is 23.4 Å². The van der Waals surface area contributed by atoms with Gasteiger partial charge in [-0.3, -0.25) is 4.72 Å². The van der Waals surface area contributed by atoms with Crippen molar-refractivity contribution in [1.82, 2.24) is 4.98 Å². The molecule has 1 aromatic carbocycles. The zero-order valence-corrected chi connectivity index (χ0v) is 15.7. The van der Waals surface area contributed by atoms with Crippen molar-refractivity contribution in [2.45, 2.75) is 25.0 Å². The smallest absolute Gasteiger partial charge is 0.342 e. The predicted molar refractivity (Wildman–Crippen MR) is 99.0 cm³/mol. The second-order valence-electron chi connectivity index (χ2n) is 6.06. The van der Waals surface area contributed by atoms with Crippen LogP contribution in [0, 0.1) is 6.92 Å². The number of anilines is 1. The average Bonchev–Trinajstić information content (AvgIpc) is 3.31. The minimum absolute atomic E-state index is 0.00820. The lowest BCUT2D eigenvalue weighted by Crippen LogP contribution is -2.17. The molecule has 0 atom stereocenters. The molecule has 0 spiro atoms. The first kappa shape index (κ1) is 17.0. The van der Waals surface area contributed by atoms with Gasteiger partial charge in [0.2, 0.25) is 15.9 Å². The Morgan fingerprint density at radius 1 is 1.35 bits per heavy atom. The Kier molecular flexibility index (Phi) is 4.00. The first-order chi connectivity index (χ1) is 12.4. The van der Waals surface area contributed by atoms with E-state index in [-0.39, 0.29) is 17.2 Å². The highest BCUT2D eigenvalue weighted by Gasteiger charge is 2.38. The normalized spacial score (nSPS) is 14.5. The summed E-state index contributed by atoms with van der Waals surface area (Å²) in [5.41, 5.74) is 1.26. The Morgan fingerprint density at radius 3 is 2.73 bits per heavy atom. The highest BCUT2D eigenvalue weighted by molar-refractivity contribution is 7.93. The topological polar surface area (TPSA) is 98.5 Å². The summed E-state index contributed by atoms with van der Waals surface area (Å²) in [6.07, 6.45) is 1.24. The van der Waals surface area contributed by atoms with Gasteiger partial charge in [0.1, 0.15) is 16.3 Å². The van der Waals surface area contributed by atoms with E-state index < -0.39 is 21.2 Å². The summed E-state index contributed by atoms with van der Waals surface area (Å²) >= 11 is 1.36. The number of furan rings is 1. The Morgan fingerprint density at radius 2 is 2.08 bits per heavy atom. The molecule has 7 nitrogen and oxygen atoms in total. The fraction of sp³-hybridized carbons (Fsp3) is 0.294. The lowest BCUT2D eigenvalue weighted by atomic mass is 10.1. The van der Waals surface area contributed by atoms with Crippen LogP contribution in [0.2, 0.25) is 0 Å². The molecule has 9 heteroatoms. The summed E-state index contributed by atoms with van der Waals surface area (Å²) < 4.78 is 38.6. The second kappa shape index (κ2) is 6.10.